The normalized spacial score (nSPS) is 9.50. The number of likely N-dealkylation sites (N-methyl/N-ethyl adjacent to an activating group) is 1. The fourth-order valence-electron chi connectivity index (χ4n) is 1.11. The Hall–Kier alpha value is -1.84. The number of nitrogens with two attached hydrogens (primary N) is 1. The lowest BCUT2D eigenvalue weighted by Crippen LogP contribution is -2.35. The second kappa shape index (κ2) is 4.41. The van der Waals surface area contributed by atoms with E-state index in [1.807, 2.05) is 6.07 Å². The van der Waals surface area contributed by atoms with Gasteiger partial charge in [-0.1, -0.05) is 18.2 Å². The molecule has 0 spiro atoms. The topological polar surface area (TPSA) is 63.4 Å². The minimum atomic E-state index is -0.517. The van der Waals surface area contributed by atoms with Crippen LogP contribution in [0.3, 0.4) is 0 Å². The molecule has 1 aromatic rings. The van der Waals surface area contributed by atoms with Gasteiger partial charge in [-0.05, 0) is 12.1 Å². The maximum Gasteiger partial charge on any atom is 0.254 e. The molecule has 0 saturated carbocycles. The van der Waals surface area contributed by atoms with Crippen molar-refractivity contribution in [1.29, 1.82) is 0 Å². The summed E-state index contributed by atoms with van der Waals surface area (Å²) >= 11 is 0. The van der Waals surface area contributed by atoms with E-state index in [1.165, 1.54) is 4.90 Å². The lowest BCUT2D eigenvalue weighted by atomic mass is 10.2. The second-order valence-electron chi connectivity index (χ2n) is 2.99. The van der Waals surface area contributed by atoms with Crippen molar-refractivity contribution in [2.45, 2.75) is 0 Å². The molecule has 0 aliphatic rings. The predicted octanol–water partition coefficient (Wildman–Crippen LogP) is 0.244. The average Bonchev–Trinajstić information content (AvgIpc) is 2.17. The van der Waals surface area contributed by atoms with Crippen molar-refractivity contribution >= 4 is 11.8 Å². The molecule has 0 unspecified atom stereocenters. The Balaban J connectivity index is 2.71. The van der Waals surface area contributed by atoms with Gasteiger partial charge in [-0.15, -0.1) is 0 Å². The number of rotatable bonds is 3. The Morgan fingerprint density at radius 1 is 1.29 bits per heavy atom. The van der Waals surface area contributed by atoms with Gasteiger partial charge in [-0.2, -0.15) is 0 Å². The molecule has 0 atom stereocenters. The van der Waals surface area contributed by atoms with Crippen molar-refractivity contribution in [1.82, 2.24) is 4.90 Å². The van der Waals surface area contributed by atoms with Crippen LogP contribution in [0.2, 0.25) is 0 Å². The summed E-state index contributed by atoms with van der Waals surface area (Å²) in [4.78, 5) is 23.5. The number of primary amides is 1. The van der Waals surface area contributed by atoms with Gasteiger partial charge in [-0.25, -0.2) is 0 Å². The van der Waals surface area contributed by atoms with Crippen LogP contribution in [-0.2, 0) is 4.79 Å². The molecule has 0 aliphatic heterocycles. The summed E-state index contributed by atoms with van der Waals surface area (Å²) in [6, 6.07) is 8.75. The smallest absolute Gasteiger partial charge is 0.254 e. The fourth-order valence-corrected chi connectivity index (χ4v) is 1.11. The molecule has 4 heteroatoms. The molecule has 0 bridgehead atoms. The molecule has 2 N–H and O–H groups in total. The van der Waals surface area contributed by atoms with Gasteiger partial charge in [0.1, 0.15) is 0 Å². The van der Waals surface area contributed by atoms with Gasteiger partial charge in [0.25, 0.3) is 5.91 Å². The van der Waals surface area contributed by atoms with Crippen LogP contribution in [0.25, 0.3) is 0 Å². The fraction of sp³-hybridized carbons (Fsp3) is 0.200. The van der Waals surface area contributed by atoms with Crippen LogP contribution in [0.5, 0.6) is 0 Å². The maximum atomic E-state index is 11.6. The molecule has 1 rings (SSSR count). The summed E-state index contributed by atoms with van der Waals surface area (Å²) in [7, 11) is 1.54. The van der Waals surface area contributed by atoms with Gasteiger partial charge >= 0.3 is 0 Å². The number of carbonyl (C=O) groups is 2. The third kappa shape index (κ3) is 2.58. The van der Waals surface area contributed by atoms with E-state index in [9.17, 15) is 9.59 Å². The van der Waals surface area contributed by atoms with E-state index < -0.39 is 5.91 Å². The van der Waals surface area contributed by atoms with Crippen molar-refractivity contribution in [3.8, 4) is 0 Å². The maximum absolute atomic E-state index is 11.6. The quantitative estimate of drug-likeness (QED) is 0.745. The van der Waals surface area contributed by atoms with Crippen LogP contribution in [0.15, 0.2) is 30.3 Å². The van der Waals surface area contributed by atoms with Crippen molar-refractivity contribution in [2.24, 2.45) is 5.73 Å². The van der Waals surface area contributed by atoms with E-state index in [-0.39, 0.29) is 12.5 Å². The number of hydrogen-bond donors (Lipinski definition) is 1. The Labute approximate surface area is 82.3 Å². The largest absolute Gasteiger partial charge is 0.368 e. The number of nitrogens with zero attached hydrogens (tertiary/aromatic N) is 1. The van der Waals surface area contributed by atoms with E-state index in [0.29, 0.717) is 5.56 Å². The van der Waals surface area contributed by atoms with Gasteiger partial charge in [0.2, 0.25) is 5.91 Å². The number of benzene rings is 1. The number of hydrogen-bond acceptors (Lipinski definition) is 2. The SMILES string of the molecule is CN(CC(N)=O)C(=O)c1ccccc1. The molecule has 0 heterocycles. The average molecular weight is 192 g/mol. The Morgan fingerprint density at radius 2 is 1.86 bits per heavy atom. The minimum absolute atomic E-state index is 0.0618. The van der Waals surface area contributed by atoms with Crippen LogP contribution < -0.4 is 5.73 Å². The summed E-state index contributed by atoms with van der Waals surface area (Å²) in [5, 5.41) is 0. The van der Waals surface area contributed by atoms with E-state index in [2.05, 4.69) is 0 Å². The van der Waals surface area contributed by atoms with Gasteiger partial charge in [-0.3, -0.25) is 9.59 Å². The zero-order valence-corrected chi connectivity index (χ0v) is 7.93. The summed E-state index contributed by atoms with van der Waals surface area (Å²) < 4.78 is 0. The monoisotopic (exact) mass is 192 g/mol. The molecule has 2 amide bonds. The predicted molar refractivity (Wildman–Crippen MR) is 52.6 cm³/mol. The number of carbonyl (C=O) groups excluding carboxylic acids is 2. The van der Waals surface area contributed by atoms with Crippen LogP contribution in [0.4, 0.5) is 0 Å². The molecule has 4 nitrogen and oxygen atoms in total. The summed E-state index contributed by atoms with van der Waals surface area (Å²) in [5.74, 6) is -0.721. The Kier molecular flexibility index (Phi) is 3.23. The highest BCUT2D eigenvalue weighted by molar-refractivity contribution is 5.96. The molecular formula is C10H12N2O2. The first-order chi connectivity index (χ1) is 6.61. The first-order valence-corrected chi connectivity index (χ1v) is 4.20. The van der Waals surface area contributed by atoms with Gasteiger partial charge in [0.15, 0.2) is 0 Å². The van der Waals surface area contributed by atoms with Crippen molar-refractivity contribution in [3.63, 3.8) is 0 Å². The molecule has 74 valence electrons. The Bertz CT molecular complexity index is 335. The van der Waals surface area contributed by atoms with Crippen molar-refractivity contribution in [3.05, 3.63) is 35.9 Å². The minimum Gasteiger partial charge on any atom is -0.368 e. The van der Waals surface area contributed by atoms with Gasteiger partial charge in [0.05, 0.1) is 6.54 Å². The zero-order valence-electron chi connectivity index (χ0n) is 7.93. The molecule has 0 aliphatic carbocycles. The van der Waals surface area contributed by atoms with E-state index in [4.69, 9.17) is 5.73 Å². The van der Waals surface area contributed by atoms with Crippen LogP contribution in [-0.4, -0.2) is 30.3 Å². The molecule has 1 aromatic carbocycles. The van der Waals surface area contributed by atoms with Gasteiger partial charge in [0, 0.05) is 12.6 Å². The molecular weight excluding hydrogens is 180 g/mol. The van der Waals surface area contributed by atoms with Gasteiger partial charge < -0.3 is 10.6 Å². The first-order valence-electron chi connectivity index (χ1n) is 4.20. The van der Waals surface area contributed by atoms with Crippen molar-refractivity contribution < 1.29 is 9.59 Å². The third-order valence-corrected chi connectivity index (χ3v) is 1.76. The Morgan fingerprint density at radius 3 is 2.36 bits per heavy atom. The standard InChI is InChI=1S/C10H12N2O2/c1-12(7-9(11)13)10(14)8-5-3-2-4-6-8/h2-6H,7H2,1H3,(H2,11,13). The lowest BCUT2D eigenvalue weighted by Gasteiger charge is -2.14. The third-order valence-electron chi connectivity index (χ3n) is 1.76. The summed E-state index contributed by atoms with van der Waals surface area (Å²) in [6.07, 6.45) is 0. The highest BCUT2D eigenvalue weighted by atomic mass is 16.2. The van der Waals surface area contributed by atoms with Crippen LogP contribution in [0.1, 0.15) is 10.4 Å². The van der Waals surface area contributed by atoms with E-state index in [1.54, 1.807) is 31.3 Å². The van der Waals surface area contributed by atoms with E-state index in [0.717, 1.165) is 0 Å². The molecule has 14 heavy (non-hydrogen) atoms. The molecule has 0 fully saturated rings. The first kappa shape index (κ1) is 10.2. The summed E-state index contributed by atoms with van der Waals surface area (Å²) in [6.45, 7) is -0.0618. The molecule has 0 aromatic heterocycles. The lowest BCUT2D eigenvalue weighted by molar-refractivity contribution is -0.118. The summed E-state index contributed by atoms with van der Waals surface area (Å²) in [5.41, 5.74) is 5.53. The highest BCUT2D eigenvalue weighted by Gasteiger charge is 2.12. The van der Waals surface area contributed by atoms with E-state index >= 15 is 0 Å². The molecule has 0 radical (unpaired) electrons. The zero-order chi connectivity index (χ0) is 10.6. The van der Waals surface area contributed by atoms with Crippen LogP contribution in [0, 0.1) is 0 Å². The molecule has 0 saturated heterocycles. The van der Waals surface area contributed by atoms with Crippen LogP contribution >= 0.6 is 0 Å². The second-order valence-corrected chi connectivity index (χ2v) is 2.99. The highest BCUT2D eigenvalue weighted by Crippen LogP contribution is 2.02. The number of amides is 2. The van der Waals surface area contributed by atoms with Crippen molar-refractivity contribution in [2.75, 3.05) is 13.6 Å².